The molecule has 0 amide bonds. The maximum atomic E-state index is 8.44. The number of hydrogen-bond donors (Lipinski definition) is 1. The topological polar surface area (TPSA) is 143 Å². The predicted molar refractivity (Wildman–Crippen MR) is 190 cm³/mol. The van der Waals surface area contributed by atoms with Crippen LogP contribution in [0.5, 0.6) is 51.7 Å². The van der Waals surface area contributed by atoms with Gasteiger partial charge in [0, 0.05) is 36.4 Å². The molecular weight excluding hydrogens is 668 g/mol. The molecule has 0 radical (unpaired) electrons. The molecule has 13 heteroatoms. The molecule has 0 bridgehead atoms. The van der Waals surface area contributed by atoms with E-state index in [1.165, 1.54) is 0 Å². The Kier molecular flexibility index (Phi) is 18.5. The van der Waals surface area contributed by atoms with E-state index in [2.05, 4.69) is 0 Å². The Morgan fingerprint density at radius 1 is 0.440 bits per heavy atom. The van der Waals surface area contributed by atoms with E-state index < -0.39 is 17.1 Å². The lowest BCUT2D eigenvalue weighted by Crippen LogP contribution is -2.17. The second-order valence-corrected chi connectivity index (χ2v) is 11.6. The number of carbonyl (C=O) groups is 1. The first kappa shape index (κ1) is 41.7. The second-order valence-electron chi connectivity index (χ2n) is 9.72. The van der Waals surface area contributed by atoms with Crippen LogP contribution < -0.4 is 47.7 Å². The number of hydrogen-bond acceptors (Lipinski definition) is 11. The minimum atomic E-state index is -2.08. The van der Waals surface area contributed by atoms with E-state index in [9.17, 15) is 0 Å². The molecule has 12 nitrogen and oxygen atoms in total. The fourth-order valence-corrected chi connectivity index (χ4v) is 7.42. The summed E-state index contributed by atoms with van der Waals surface area (Å²) in [6.07, 6.45) is -2.08. The summed E-state index contributed by atoms with van der Waals surface area (Å²) in [5.41, 5.74) is 0. The zero-order chi connectivity index (χ0) is 37.1. The van der Waals surface area contributed by atoms with Gasteiger partial charge >= 0.3 is 0 Å². The van der Waals surface area contributed by atoms with Crippen LogP contribution in [0.25, 0.3) is 0 Å². The van der Waals surface area contributed by atoms with Gasteiger partial charge in [-0.1, -0.05) is 0 Å². The van der Waals surface area contributed by atoms with E-state index in [1.54, 1.807) is 0 Å². The van der Waals surface area contributed by atoms with E-state index in [1.807, 2.05) is 98.7 Å². The fourth-order valence-electron chi connectivity index (χ4n) is 4.89. The molecule has 0 aliphatic rings. The van der Waals surface area contributed by atoms with Crippen molar-refractivity contribution in [2.24, 2.45) is 0 Å². The van der Waals surface area contributed by atoms with Crippen LogP contribution in [0.2, 0.25) is 0 Å². The van der Waals surface area contributed by atoms with E-state index in [-0.39, 0.29) is 0 Å². The van der Waals surface area contributed by atoms with Gasteiger partial charge in [0.1, 0.15) is 28.1 Å². The summed E-state index contributed by atoms with van der Waals surface area (Å²) in [6, 6.07) is 11.5. The summed E-state index contributed by atoms with van der Waals surface area (Å²) >= 11 is 0. The molecule has 0 aromatic heterocycles. The third-order valence-corrected chi connectivity index (χ3v) is 8.76. The quantitative estimate of drug-likeness (QED) is 0.111. The molecule has 3 aromatic carbocycles. The maximum absolute atomic E-state index is 8.44. The van der Waals surface area contributed by atoms with Gasteiger partial charge < -0.3 is 57.6 Å². The zero-order valence-corrected chi connectivity index (χ0v) is 31.5. The fraction of sp³-hybridized carbons (Fsp3) is 0.486. The normalized spacial score (nSPS) is 10.4. The molecule has 0 aliphatic heterocycles. The molecule has 0 fully saturated rings. The Morgan fingerprint density at radius 2 is 0.600 bits per heavy atom. The van der Waals surface area contributed by atoms with Crippen molar-refractivity contribution in [2.75, 3.05) is 59.5 Å². The molecule has 0 atom stereocenters. The minimum Gasteiger partial charge on any atom is -0.565 e. The Labute approximate surface area is 298 Å². The van der Waals surface area contributed by atoms with Crippen molar-refractivity contribution in [1.29, 1.82) is 0 Å². The van der Waals surface area contributed by atoms with E-state index in [0.717, 1.165) is 14.7 Å². The largest absolute Gasteiger partial charge is 0.565 e. The lowest BCUT2D eigenvalue weighted by atomic mass is 10.3. The van der Waals surface area contributed by atoms with Crippen LogP contribution in [0.1, 0.15) is 62.3 Å². The molecular formula is C37H52O12S. The number of benzene rings is 3. The van der Waals surface area contributed by atoms with Crippen molar-refractivity contribution < 1.29 is 57.6 Å². The predicted octanol–water partition coefficient (Wildman–Crippen LogP) is 7.26. The number of ether oxygens (including phenoxy) is 9. The summed E-state index contributed by atoms with van der Waals surface area (Å²) in [5, 5.41) is 15.3. The maximum Gasteiger partial charge on any atom is 0.250 e. The third kappa shape index (κ3) is 11.5. The molecule has 50 heavy (non-hydrogen) atoms. The molecule has 3 aromatic rings. The molecule has 0 saturated carbocycles. The van der Waals surface area contributed by atoms with Gasteiger partial charge in [0.05, 0.1) is 59.5 Å². The standard InChI is InChI=1S/C36H51O9S.CH2O3/c1-10-37-25-19-28(40-13-4)34(29(20-25)41-14-5)46(35-30(42-15-6)21-26(38-11-2)22-31(35)43-16-7)36-32(44-17-8)23-27(39-12-3)24-33(36)45-18-9;2-1(3)4/h19-24H,10-18H2,1-9H3;(H2,2,3,4)/q+1;/p-1. The first-order valence-electron chi connectivity index (χ1n) is 17.0. The highest BCUT2D eigenvalue weighted by Crippen LogP contribution is 2.55. The van der Waals surface area contributed by atoms with Gasteiger partial charge in [-0.15, -0.1) is 0 Å². The Bertz CT molecular complexity index is 1230. The minimum absolute atomic E-state index is 0.422. The summed E-state index contributed by atoms with van der Waals surface area (Å²) in [4.78, 5) is 10.8. The van der Waals surface area contributed by atoms with Crippen LogP contribution in [-0.2, 0) is 10.9 Å². The van der Waals surface area contributed by atoms with Gasteiger partial charge in [0.2, 0.25) is 6.16 Å². The molecule has 0 saturated heterocycles. The SMILES string of the molecule is CCOc1cc(OCC)c([S+](c2c(OCC)cc(OCC)cc2OCC)c2c(OCC)cc(OCC)cc2OCC)c(OCC)c1.O=C([O-])O. The molecule has 0 spiro atoms. The van der Waals surface area contributed by atoms with Crippen LogP contribution in [0, 0.1) is 0 Å². The van der Waals surface area contributed by atoms with Crippen LogP contribution in [0.4, 0.5) is 4.79 Å². The van der Waals surface area contributed by atoms with Gasteiger partial charge in [-0.05, 0) is 62.3 Å². The summed E-state index contributed by atoms with van der Waals surface area (Å²) < 4.78 is 56.3. The van der Waals surface area contributed by atoms with E-state index >= 15 is 0 Å². The molecule has 0 unspecified atom stereocenters. The average Bonchev–Trinajstić information content (AvgIpc) is 3.05. The molecule has 278 valence electrons. The van der Waals surface area contributed by atoms with Crippen LogP contribution >= 0.6 is 0 Å². The first-order chi connectivity index (χ1) is 24.2. The van der Waals surface area contributed by atoms with Crippen molar-refractivity contribution in [1.82, 2.24) is 0 Å². The van der Waals surface area contributed by atoms with Crippen molar-refractivity contribution in [3.63, 3.8) is 0 Å². The summed E-state index contributed by atoms with van der Waals surface area (Å²) in [7, 11) is -1.05. The number of carboxylic acid groups (broad SMARTS) is 2. The number of rotatable bonds is 21. The van der Waals surface area contributed by atoms with Gasteiger partial charge in [0.15, 0.2) is 34.5 Å². The van der Waals surface area contributed by atoms with Crippen LogP contribution in [0.3, 0.4) is 0 Å². The van der Waals surface area contributed by atoms with Gasteiger partial charge in [-0.3, -0.25) is 0 Å². The smallest absolute Gasteiger partial charge is 0.250 e. The molecule has 0 heterocycles. The van der Waals surface area contributed by atoms with Crippen LogP contribution in [-0.4, -0.2) is 70.7 Å². The lowest BCUT2D eigenvalue weighted by Gasteiger charge is -2.23. The average molecular weight is 721 g/mol. The van der Waals surface area contributed by atoms with Crippen molar-refractivity contribution >= 4 is 17.1 Å². The van der Waals surface area contributed by atoms with Gasteiger partial charge in [-0.25, -0.2) is 0 Å². The van der Waals surface area contributed by atoms with Crippen molar-refractivity contribution in [3.05, 3.63) is 36.4 Å². The van der Waals surface area contributed by atoms with Crippen molar-refractivity contribution in [3.8, 4) is 51.7 Å². The van der Waals surface area contributed by atoms with Crippen LogP contribution in [0.15, 0.2) is 51.1 Å². The Balaban J connectivity index is 0.00000205. The van der Waals surface area contributed by atoms with Gasteiger partial charge in [0.25, 0.3) is 14.7 Å². The van der Waals surface area contributed by atoms with Gasteiger partial charge in [-0.2, -0.15) is 0 Å². The highest BCUT2D eigenvalue weighted by molar-refractivity contribution is 7.97. The Morgan fingerprint density at radius 3 is 0.740 bits per heavy atom. The van der Waals surface area contributed by atoms with E-state index in [4.69, 9.17) is 57.6 Å². The monoisotopic (exact) mass is 720 g/mol. The highest BCUT2D eigenvalue weighted by Gasteiger charge is 2.47. The zero-order valence-electron chi connectivity index (χ0n) is 30.7. The first-order valence-corrected chi connectivity index (χ1v) is 18.2. The molecule has 3 rings (SSSR count). The third-order valence-electron chi connectivity index (χ3n) is 6.33. The molecule has 1 N–H and O–H groups in total. The second kappa shape index (κ2) is 22.2. The Hall–Kier alpha value is -4.52. The summed E-state index contributed by atoms with van der Waals surface area (Å²) in [5.74, 6) is 5.59. The van der Waals surface area contributed by atoms with E-state index in [0.29, 0.717) is 111 Å². The lowest BCUT2D eigenvalue weighted by molar-refractivity contribution is -0.275. The highest BCUT2D eigenvalue weighted by atomic mass is 32.2. The van der Waals surface area contributed by atoms with Crippen molar-refractivity contribution in [2.45, 2.75) is 77.0 Å². The summed E-state index contributed by atoms with van der Waals surface area (Å²) in [6.45, 7) is 21.6. The molecule has 0 aliphatic carbocycles.